The Hall–Kier alpha value is -3.27. The van der Waals surface area contributed by atoms with E-state index in [4.69, 9.17) is 4.98 Å². The number of fused-ring (bicyclic) bond motifs is 1. The van der Waals surface area contributed by atoms with Crippen LogP contribution in [-0.2, 0) is 0 Å². The van der Waals surface area contributed by atoms with Gasteiger partial charge >= 0.3 is 0 Å². The maximum Gasteiger partial charge on any atom is 0.187 e. The fourth-order valence-corrected chi connectivity index (χ4v) is 3.18. The second-order valence-corrected chi connectivity index (χ2v) is 6.45. The Balaban J connectivity index is 1.94. The highest BCUT2D eigenvalue weighted by molar-refractivity contribution is 5.74. The molecule has 2 aromatic carbocycles. The first kappa shape index (κ1) is 16.2. The normalized spacial score (nSPS) is 11.5. The van der Waals surface area contributed by atoms with Crippen molar-refractivity contribution in [2.45, 2.75) is 20.8 Å². The summed E-state index contributed by atoms with van der Waals surface area (Å²) in [7, 11) is 0. The molecule has 0 saturated carbocycles. The number of imidazole rings is 1. The second kappa shape index (κ2) is 6.56. The van der Waals surface area contributed by atoms with Crippen molar-refractivity contribution in [1.29, 1.82) is 0 Å². The summed E-state index contributed by atoms with van der Waals surface area (Å²) < 4.78 is 2.05. The van der Waals surface area contributed by atoms with Gasteiger partial charge in [0.1, 0.15) is 11.3 Å². The molecule has 0 radical (unpaired) electrons. The van der Waals surface area contributed by atoms with Crippen LogP contribution in [0.4, 0.5) is 11.5 Å². The van der Waals surface area contributed by atoms with Gasteiger partial charge in [-0.3, -0.25) is 4.40 Å². The van der Waals surface area contributed by atoms with Crippen LogP contribution in [0.1, 0.15) is 16.8 Å². The van der Waals surface area contributed by atoms with Gasteiger partial charge in [0.25, 0.3) is 0 Å². The summed E-state index contributed by atoms with van der Waals surface area (Å²) in [5.41, 5.74) is 6.96. The summed E-state index contributed by atoms with van der Waals surface area (Å²) in [6, 6.07) is 22.3. The van der Waals surface area contributed by atoms with Crippen LogP contribution < -0.4 is 0 Å². The molecule has 4 heteroatoms. The summed E-state index contributed by atoms with van der Waals surface area (Å²) >= 11 is 0. The van der Waals surface area contributed by atoms with Gasteiger partial charge in [-0.2, -0.15) is 0 Å². The maximum absolute atomic E-state index is 4.81. The summed E-state index contributed by atoms with van der Waals surface area (Å²) in [6.07, 6.45) is 0. The molecule has 4 rings (SSSR count). The lowest BCUT2D eigenvalue weighted by atomic mass is 10.1. The highest BCUT2D eigenvalue weighted by atomic mass is 15.2. The molecule has 0 bridgehead atoms. The average Bonchev–Trinajstić information content (AvgIpc) is 3.02. The van der Waals surface area contributed by atoms with Gasteiger partial charge in [0.15, 0.2) is 5.82 Å². The van der Waals surface area contributed by atoms with Crippen LogP contribution in [0.3, 0.4) is 0 Å². The minimum Gasteiger partial charge on any atom is -0.280 e. The number of benzene rings is 2. The van der Waals surface area contributed by atoms with Crippen molar-refractivity contribution in [2.75, 3.05) is 0 Å². The predicted octanol–water partition coefficient (Wildman–Crippen LogP) is 6.34. The third-order valence-corrected chi connectivity index (χ3v) is 4.55. The average molecular weight is 340 g/mol. The monoisotopic (exact) mass is 340 g/mol. The number of hydrogen-bond donors (Lipinski definition) is 0. The van der Waals surface area contributed by atoms with E-state index in [1.165, 1.54) is 0 Å². The van der Waals surface area contributed by atoms with Gasteiger partial charge in [0.05, 0.1) is 5.69 Å². The van der Waals surface area contributed by atoms with E-state index < -0.39 is 0 Å². The number of azo groups is 1. The molecule has 4 nitrogen and oxygen atoms in total. The van der Waals surface area contributed by atoms with E-state index in [1.807, 2.05) is 36.4 Å². The van der Waals surface area contributed by atoms with Gasteiger partial charge in [-0.05, 0) is 44.0 Å². The smallest absolute Gasteiger partial charge is 0.187 e. The molecule has 0 aliphatic carbocycles. The van der Waals surface area contributed by atoms with Gasteiger partial charge in [-0.1, -0.05) is 54.6 Å². The minimum absolute atomic E-state index is 0.756. The maximum atomic E-state index is 4.81. The van der Waals surface area contributed by atoms with Crippen LogP contribution in [0.2, 0.25) is 0 Å². The molecule has 0 atom stereocenters. The molecule has 0 aliphatic heterocycles. The molecule has 0 N–H and O–H groups in total. The van der Waals surface area contributed by atoms with Gasteiger partial charge < -0.3 is 0 Å². The standard InChI is InChI=1S/C22H20N4/c1-15-9-7-10-16(2)20(15)24-25-22-21(18-12-5-4-6-13-18)23-19-14-8-11-17(3)26(19)22/h4-14H,1-3H3. The molecule has 128 valence electrons. The lowest BCUT2D eigenvalue weighted by Crippen LogP contribution is -1.89. The number of hydrogen-bond acceptors (Lipinski definition) is 3. The summed E-state index contributed by atoms with van der Waals surface area (Å²) in [5.74, 6) is 0.756. The zero-order valence-electron chi connectivity index (χ0n) is 15.1. The van der Waals surface area contributed by atoms with Crippen LogP contribution in [0.15, 0.2) is 77.0 Å². The quantitative estimate of drug-likeness (QED) is 0.401. The van der Waals surface area contributed by atoms with Crippen LogP contribution in [0.25, 0.3) is 16.9 Å². The molecule has 0 amide bonds. The summed E-state index contributed by atoms with van der Waals surface area (Å²) in [6.45, 7) is 6.17. The number of nitrogens with zero attached hydrogens (tertiary/aromatic N) is 4. The molecule has 0 spiro atoms. The number of rotatable bonds is 3. The molecular weight excluding hydrogens is 320 g/mol. The van der Waals surface area contributed by atoms with Crippen molar-refractivity contribution in [1.82, 2.24) is 9.38 Å². The Bertz CT molecular complexity index is 1090. The SMILES string of the molecule is Cc1cccc(C)c1N=Nc1c(-c2ccccc2)nc2cccc(C)n12. The lowest BCUT2D eigenvalue weighted by Gasteiger charge is -2.05. The fourth-order valence-electron chi connectivity index (χ4n) is 3.18. The molecule has 0 unspecified atom stereocenters. The highest BCUT2D eigenvalue weighted by Crippen LogP contribution is 2.34. The van der Waals surface area contributed by atoms with Crippen LogP contribution >= 0.6 is 0 Å². The molecular formula is C22H20N4. The van der Waals surface area contributed by atoms with Crippen LogP contribution in [0.5, 0.6) is 0 Å². The molecule has 0 saturated heterocycles. The van der Waals surface area contributed by atoms with Crippen LogP contribution in [0, 0.1) is 20.8 Å². The molecule has 26 heavy (non-hydrogen) atoms. The second-order valence-electron chi connectivity index (χ2n) is 6.45. The zero-order valence-corrected chi connectivity index (χ0v) is 15.1. The van der Waals surface area contributed by atoms with Gasteiger partial charge in [-0.25, -0.2) is 4.98 Å². The van der Waals surface area contributed by atoms with Crippen molar-refractivity contribution >= 4 is 17.2 Å². The summed E-state index contributed by atoms with van der Waals surface area (Å²) in [5, 5.41) is 9.24. The highest BCUT2D eigenvalue weighted by Gasteiger charge is 2.15. The van der Waals surface area contributed by atoms with Crippen molar-refractivity contribution in [3.05, 3.63) is 83.6 Å². The Kier molecular flexibility index (Phi) is 4.09. The fraction of sp³-hybridized carbons (Fsp3) is 0.136. The van der Waals surface area contributed by atoms with Crippen molar-refractivity contribution in [2.24, 2.45) is 10.2 Å². The van der Waals surface area contributed by atoms with Crippen molar-refractivity contribution in [3.8, 4) is 11.3 Å². The summed E-state index contributed by atoms with van der Waals surface area (Å²) in [4.78, 5) is 4.81. The van der Waals surface area contributed by atoms with E-state index in [-0.39, 0.29) is 0 Å². The van der Waals surface area contributed by atoms with E-state index in [0.29, 0.717) is 0 Å². The topological polar surface area (TPSA) is 42.0 Å². The number of pyridine rings is 1. The van der Waals surface area contributed by atoms with E-state index >= 15 is 0 Å². The largest absolute Gasteiger partial charge is 0.280 e. The first-order valence-electron chi connectivity index (χ1n) is 8.66. The first-order valence-corrected chi connectivity index (χ1v) is 8.66. The third kappa shape index (κ3) is 2.80. The Morgan fingerprint density at radius 3 is 2.15 bits per heavy atom. The van der Waals surface area contributed by atoms with Gasteiger partial charge in [-0.15, -0.1) is 10.2 Å². The molecule has 2 heterocycles. The Morgan fingerprint density at radius 1 is 0.731 bits per heavy atom. The van der Waals surface area contributed by atoms with E-state index in [9.17, 15) is 0 Å². The lowest BCUT2D eigenvalue weighted by molar-refractivity contribution is 1.05. The minimum atomic E-state index is 0.756. The Labute approximate surface area is 152 Å². The molecule has 0 aliphatic rings. The van der Waals surface area contributed by atoms with Crippen molar-refractivity contribution < 1.29 is 0 Å². The van der Waals surface area contributed by atoms with E-state index in [0.717, 1.165) is 45.2 Å². The Morgan fingerprint density at radius 2 is 1.42 bits per heavy atom. The zero-order chi connectivity index (χ0) is 18.1. The predicted molar refractivity (Wildman–Crippen MR) is 105 cm³/mol. The first-order chi connectivity index (χ1) is 12.6. The van der Waals surface area contributed by atoms with E-state index in [1.54, 1.807) is 0 Å². The van der Waals surface area contributed by atoms with Gasteiger partial charge in [0, 0.05) is 11.3 Å². The van der Waals surface area contributed by atoms with E-state index in [2.05, 4.69) is 65.7 Å². The number of aromatic nitrogens is 2. The van der Waals surface area contributed by atoms with Crippen LogP contribution in [-0.4, -0.2) is 9.38 Å². The van der Waals surface area contributed by atoms with Gasteiger partial charge in [0.2, 0.25) is 0 Å². The van der Waals surface area contributed by atoms with Crippen molar-refractivity contribution in [3.63, 3.8) is 0 Å². The molecule has 2 aromatic heterocycles. The molecule has 4 aromatic rings. The third-order valence-electron chi connectivity index (χ3n) is 4.55. The molecule has 0 fully saturated rings. The number of aryl methyl sites for hydroxylation is 3.